The monoisotopic (exact) mass is 697 g/mol. The van der Waals surface area contributed by atoms with E-state index in [0.717, 1.165) is 16.8 Å². The van der Waals surface area contributed by atoms with Gasteiger partial charge in [0, 0.05) is 11.5 Å². The quantitative estimate of drug-likeness (QED) is 0.138. The van der Waals surface area contributed by atoms with Crippen LogP contribution in [0.2, 0.25) is 10.0 Å². The molecule has 3 aromatic heterocycles. The summed E-state index contributed by atoms with van der Waals surface area (Å²) in [6.45, 7) is 6.16. The maximum absolute atomic E-state index is 13.3. The molecule has 246 valence electrons. The average molecular weight is 699 g/mol. The third-order valence-corrected chi connectivity index (χ3v) is 8.86. The molecule has 3 N–H and O–H groups in total. The lowest BCUT2D eigenvalue weighted by Crippen LogP contribution is -2.36. The second-order valence-corrected chi connectivity index (χ2v) is 13.6. The van der Waals surface area contributed by atoms with Crippen molar-refractivity contribution in [1.29, 1.82) is 0 Å². The molecule has 6 rings (SSSR count). The number of hydrogen-bond donors (Lipinski definition) is 3. The zero-order valence-corrected chi connectivity index (χ0v) is 28.1. The number of aromatic nitrogens is 5. The molecule has 2 aromatic carbocycles. The van der Waals surface area contributed by atoms with Crippen molar-refractivity contribution >= 4 is 52.1 Å². The highest BCUT2D eigenvalue weighted by Crippen LogP contribution is 2.39. The third kappa shape index (κ3) is 7.29. The summed E-state index contributed by atoms with van der Waals surface area (Å²) < 4.78 is 34.6. The largest absolute Gasteiger partial charge is 0.484 e. The molecule has 0 bridgehead atoms. The Labute approximate surface area is 283 Å². The fraction of sp³-hybridized carbons (Fsp3) is 0.312. The summed E-state index contributed by atoms with van der Waals surface area (Å²) in [6.07, 6.45) is 2.84. The van der Waals surface area contributed by atoms with Gasteiger partial charge in [-0.15, -0.1) is 10.2 Å². The molecule has 47 heavy (non-hydrogen) atoms. The summed E-state index contributed by atoms with van der Waals surface area (Å²) in [5.41, 5.74) is 3.61. The summed E-state index contributed by atoms with van der Waals surface area (Å²) >= 11 is 10.5. The minimum Gasteiger partial charge on any atom is -0.484 e. The predicted octanol–water partition coefficient (Wildman–Crippen LogP) is 7.13. The van der Waals surface area contributed by atoms with Crippen LogP contribution in [0.15, 0.2) is 66.9 Å². The molecule has 2 amide bonds. The minimum atomic E-state index is -2.39. The first kappa shape index (κ1) is 32.9. The van der Waals surface area contributed by atoms with Gasteiger partial charge in [0.25, 0.3) is 0 Å². The molecule has 0 aliphatic heterocycles. The van der Waals surface area contributed by atoms with Gasteiger partial charge in [0.15, 0.2) is 11.5 Å². The number of carbonyl (C=O) groups excluding carboxylic acids is 1. The van der Waals surface area contributed by atoms with Crippen molar-refractivity contribution in [3.05, 3.63) is 93.7 Å². The van der Waals surface area contributed by atoms with Gasteiger partial charge in [0.2, 0.25) is 0 Å². The molecule has 0 saturated heterocycles. The van der Waals surface area contributed by atoms with Gasteiger partial charge < -0.3 is 10.1 Å². The van der Waals surface area contributed by atoms with E-state index in [-0.39, 0.29) is 30.7 Å². The number of halogens is 2. The predicted molar refractivity (Wildman–Crippen MR) is 180 cm³/mol. The van der Waals surface area contributed by atoms with Gasteiger partial charge in [-0.25, -0.2) is 9.48 Å². The number of ether oxygens (including phenoxy) is 1. The van der Waals surface area contributed by atoms with Gasteiger partial charge in [-0.1, -0.05) is 74.3 Å². The van der Waals surface area contributed by atoms with Gasteiger partial charge in [0.1, 0.15) is 17.7 Å². The molecule has 0 radical (unpaired) electrons. The van der Waals surface area contributed by atoms with Crippen LogP contribution >= 0.6 is 23.2 Å². The van der Waals surface area contributed by atoms with Crippen LogP contribution < -0.4 is 15.4 Å². The van der Waals surface area contributed by atoms with E-state index < -0.39 is 17.4 Å². The Kier molecular flexibility index (Phi) is 9.53. The topological polar surface area (TPSA) is 145 Å². The van der Waals surface area contributed by atoms with Crippen molar-refractivity contribution in [2.24, 2.45) is 0 Å². The zero-order valence-electron chi connectivity index (χ0n) is 25.8. The molecular formula is C32H33Cl2N7O5S. The number of nitrogens with one attached hydrogen (secondary N) is 2. The summed E-state index contributed by atoms with van der Waals surface area (Å²) in [4.78, 5) is 13.3. The van der Waals surface area contributed by atoms with Crippen molar-refractivity contribution in [3.63, 3.8) is 0 Å². The number of nitrogens with zero attached hydrogens (tertiary/aromatic N) is 5. The van der Waals surface area contributed by atoms with Crippen molar-refractivity contribution in [2.75, 3.05) is 11.9 Å². The summed E-state index contributed by atoms with van der Waals surface area (Å²) in [7, 11) is 0. The maximum Gasteiger partial charge on any atom is 0.320 e. The maximum atomic E-state index is 13.3. The van der Waals surface area contributed by atoms with E-state index >= 15 is 0 Å². The fourth-order valence-corrected chi connectivity index (χ4v) is 6.35. The Morgan fingerprint density at radius 1 is 1.04 bits per heavy atom. The second-order valence-electron chi connectivity index (χ2n) is 12.1. The molecule has 3 heterocycles. The van der Waals surface area contributed by atoms with Crippen LogP contribution in [-0.4, -0.2) is 45.8 Å². The van der Waals surface area contributed by atoms with Gasteiger partial charge in [-0.05, 0) is 48.2 Å². The van der Waals surface area contributed by atoms with Gasteiger partial charge >= 0.3 is 17.4 Å². The van der Waals surface area contributed by atoms with Crippen LogP contribution in [0.25, 0.3) is 17.0 Å². The Morgan fingerprint density at radius 3 is 2.51 bits per heavy atom. The lowest BCUT2D eigenvalue weighted by molar-refractivity contribution is 0.171. The van der Waals surface area contributed by atoms with E-state index in [4.69, 9.17) is 36.7 Å². The van der Waals surface area contributed by atoms with Crippen LogP contribution in [0, 0.1) is 0 Å². The van der Waals surface area contributed by atoms with E-state index in [1.54, 1.807) is 33.3 Å². The standard InChI is InChI=1S/C32H33Cl2N7O5S/c1-32(2,3)26-17-28(41(39-26)15-16-45-47(43)44)36-31(42)35-24-12-13-25(21-8-5-4-7-20(21)24)46-19-11-14-27-37-38-30(40(27)18-19)29-22(33)9-6-10-23(29)34/h4-11,14,17-18,24-25H,12-13,15-16H2,1-3H3,(H,43,44)(H2,35,36,42)/t24-,25+/m0/s1. The average Bonchev–Trinajstić information content (AvgIpc) is 3.62. The van der Waals surface area contributed by atoms with Crippen molar-refractivity contribution < 1.29 is 22.5 Å². The van der Waals surface area contributed by atoms with Crippen LogP contribution in [0.1, 0.15) is 62.6 Å². The van der Waals surface area contributed by atoms with Crippen LogP contribution in [0.4, 0.5) is 10.6 Å². The zero-order chi connectivity index (χ0) is 33.3. The highest BCUT2D eigenvalue weighted by Gasteiger charge is 2.30. The number of hydrogen-bond acceptors (Lipinski definition) is 7. The minimum absolute atomic E-state index is 0.0542. The Morgan fingerprint density at radius 2 is 1.79 bits per heavy atom. The third-order valence-electron chi connectivity index (χ3n) is 7.86. The normalized spacial score (nSPS) is 16.9. The lowest BCUT2D eigenvalue weighted by Gasteiger charge is -2.32. The van der Waals surface area contributed by atoms with E-state index in [1.165, 1.54) is 0 Å². The fourth-order valence-electron chi connectivity index (χ4n) is 5.57. The van der Waals surface area contributed by atoms with Crippen LogP contribution in [0.3, 0.4) is 0 Å². The Bertz CT molecular complexity index is 1940. The molecule has 0 spiro atoms. The first-order valence-electron chi connectivity index (χ1n) is 14.9. The van der Waals surface area contributed by atoms with E-state index in [1.807, 2.05) is 63.4 Å². The number of amides is 2. The molecule has 1 aliphatic carbocycles. The highest BCUT2D eigenvalue weighted by molar-refractivity contribution is 7.74. The number of benzene rings is 2. The summed E-state index contributed by atoms with van der Waals surface area (Å²) in [5.74, 6) is 1.57. The summed E-state index contributed by atoms with van der Waals surface area (Å²) in [5, 5.41) is 20.1. The first-order valence-corrected chi connectivity index (χ1v) is 16.7. The number of carbonyl (C=O) groups is 1. The smallest absolute Gasteiger partial charge is 0.320 e. The van der Waals surface area contributed by atoms with Gasteiger partial charge in [0.05, 0.1) is 46.7 Å². The van der Waals surface area contributed by atoms with Crippen LogP contribution in [0.5, 0.6) is 5.75 Å². The molecule has 1 unspecified atom stereocenters. The molecule has 5 aromatic rings. The van der Waals surface area contributed by atoms with Gasteiger partial charge in [-0.2, -0.15) is 9.31 Å². The molecular weight excluding hydrogens is 665 g/mol. The number of anilines is 1. The van der Waals surface area contributed by atoms with Crippen molar-refractivity contribution in [2.45, 2.75) is 57.7 Å². The molecule has 0 saturated carbocycles. The molecule has 15 heteroatoms. The van der Waals surface area contributed by atoms with Gasteiger partial charge in [-0.3, -0.25) is 18.5 Å². The second kappa shape index (κ2) is 13.6. The van der Waals surface area contributed by atoms with Crippen molar-refractivity contribution in [3.8, 4) is 17.1 Å². The van der Waals surface area contributed by atoms with E-state index in [0.29, 0.717) is 51.5 Å². The SMILES string of the molecule is CC(C)(C)c1cc(NC(=O)N[C@H]2CC[C@@H](Oc3ccc4nnc(-c5c(Cl)cccc5Cl)n4c3)c3ccccc32)n(CCOS(=O)O)n1. The highest BCUT2D eigenvalue weighted by atomic mass is 35.5. The lowest BCUT2D eigenvalue weighted by atomic mass is 9.85. The first-order chi connectivity index (χ1) is 22.5. The summed E-state index contributed by atoms with van der Waals surface area (Å²) in [6, 6.07) is 18.0. The Balaban J connectivity index is 1.19. The molecule has 1 aliphatic rings. The molecule has 3 atom stereocenters. The number of fused-ring (bicyclic) bond motifs is 2. The number of pyridine rings is 1. The Hall–Kier alpha value is -4.01. The molecule has 0 fully saturated rings. The van der Waals surface area contributed by atoms with Crippen molar-refractivity contribution in [1.82, 2.24) is 29.7 Å². The number of rotatable bonds is 9. The van der Waals surface area contributed by atoms with Crippen LogP contribution in [-0.2, 0) is 27.5 Å². The molecule has 12 nitrogen and oxygen atoms in total. The van der Waals surface area contributed by atoms with E-state index in [9.17, 15) is 9.00 Å². The van der Waals surface area contributed by atoms with E-state index in [2.05, 4.69) is 25.9 Å². The number of urea groups is 1.